The number of amides is 1. The Bertz CT molecular complexity index is 1140. The number of carbonyl (C=O) groups excluding carboxylic acids is 1. The third-order valence-corrected chi connectivity index (χ3v) is 4.32. The average Bonchev–Trinajstić information content (AvgIpc) is 3.14. The zero-order valence-electron chi connectivity index (χ0n) is 14.8. The second-order valence-corrected chi connectivity index (χ2v) is 6.49. The van der Waals surface area contributed by atoms with Crippen LogP contribution in [0.15, 0.2) is 59.4 Å². The van der Waals surface area contributed by atoms with Crippen LogP contribution in [-0.2, 0) is 4.79 Å². The Balaban J connectivity index is 1.55. The monoisotopic (exact) mass is 394 g/mol. The van der Waals surface area contributed by atoms with Gasteiger partial charge in [0, 0.05) is 16.3 Å². The lowest BCUT2D eigenvalue weighted by molar-refractivity contribution is -0.118. The number of nitrogens with one attached hydrogen (secondary N) is 1. The first-order valence-corrected chi connectivity index (χ1v) is 8.84. The minimum absolute atomic E-state index is 0.229. The van der Waals surface area contributed by atoms with Crippen LogP contribution in [0.3, 0.4) is 0 Å². The van der Waals surface area contributed by atoms with E-state index < -0.39 is 0 Å². The average molecular weight is 395 g/mol. The predicted molar refractivity (Wildman–Crippen MR) is 105 cm³/mol. The maximum absolute atomic E-state index is 12.3. The Morgan fingerprint density at radius 2 is 2.00 bits per heavy atom. The molecule has 28 heavy (non-hydrogen) atoms. The number of anilines is 1. The molecule has 0 saturated heterocycles. The van der Waals surface area contributed by atoms with E-state index in [1.54, 1.807) is 18.2 Å². The Morgan fingerprint density at radius 1 is 1.18 bits per heavy atom. The van der Waals surface area contributed by atoms with Gasteiger partial charge in [-0.05, 0) is 30.7 Å². The number of fused-ring (bicyclic) bond motifs is 1. The number of aromatic nitrogens is 3. The smallest absolute Gasteiger partial charge is 0.265 e. The number of nitrogens with zero attached hydrogens (tertiary/aromatic N) is 3. The first-order chi connectivity index (χ1) is 13.6. The lowest BCUT2D eigenvalue weighted by atomic mass is 10.1. The van der Waals surface area contributed by atoms with Gasteiger partial charge >= 0.3 is 0 Å². The van der Waals surface area contributed by atoms with Crippen molar-refractivity contribution >= 4 is 34.3 Å². The molecule has 1 amide bonds. The highest BCUT2D eigenvalue weighted by molar-refractivity contribution is 6.30. The highest BCUT2D eigenvalue weighted by atomic mass is 35.5. The summed E-state index contributed by atoms with van der Waals surface area (Å²) in [6, 6.07) is 14.7. The van der Waals surface area contributed by atoms with E-state index in [4.69, 9.17) is 20.9 Å². The fourth-order valence-corrected chi connectivity index (χ4v) is 2.98. The summed E-state index contributed by atoms with van der Waals surface area (Å²) < 4.78 is 10.9. The molecule has 1 N–H and O–H groups in total. The number of rotatable bonds is 5. The van der Waals surface area contributed by atoms with Crippen molar-refractivity contribution in [2.24, 2.45) is 0 Å². The zero-order valence-corrected chi connectivity index (χ0v) is 15.6. The fourth-order valence-electron chi connectivity index (χ4n) is 2.75. The van der Waals surface area contributed by atoms with Crippen LogP contribution in [0.2, 0.25) is 5.02 Å². The van der Waals surface area contributed by atoms with Crippen molar-refractivity contribution < 1.29 is 14.1 Å². The van der Waals surface area contributed by atoms with Gasteiger partial charge in [-0.25, -0.2) is 4.98 Å². The molecular weight excluding hydrogens is 380 g/mol. The molecular formula is C20H15ClN4O3. The summed E-state index contributed by atoms with van der Waals surface area (Å²) in [5.74, 6) is -0.0945. The van der Waals surface area contributed by atoms with E-state index in [9.17, 15) is 4.79 Å². The first kappa shape index (κ1) is 17.9. The molecule has 8 heteroatoms. The molecule has 7 nitrogen and oxygen atoms in total. The quantitative estimate of drug-likeness (QED) is 0.543. The summed E-state index contributed by atoms with van der Waals surface area (Å²) >= 11 is 5.94. The van der Waals surface area contributed by atoms with Crippen LogP contribution in [0, 0.1) is 6.92 Å². The van der Waals surface area contributed by atoms with E-state index in [-0.39, 0.29) is 24.1 Å². The summed E-state index contributed by atoms with van der Waals surface area (Å²) in [4.78, 5) is 20.5. The molecule has 4 aromatic rings. The molecule has 2 heterocycles. The summed E-state index contributed by atoms with van der Waals surface area (Å²) in [7, 11) is 0. The minimum atomic E-state index is -0.324. The Labute approximate surface area is 165 Å². The third kappa shape index (κ3) is 3.65. The highest BCUT2D eigenvalue weighted by Gasteiger charge is 2.18. The number of halogens is 1. The van der Waals surface area contributed by atoms with Crippen LogP contribution in [0.25, 0.3) is 22.4 Å². The number of carbonyl (C=O) groups is 1. The summed E-state index contributed by atoms with van der Waals surface area (Å²) in [6.07, 6.45) is 1.30. The molecule has 0 saturated carbocycles. The maximum Gasteiger partial charge on any atom is 0.265 e. The molecule has 2 aromatic heterocycles. The topological polar surface area (TPSA) is 90.1 Å². The van der Waals surface area contributed by atoms with Crippen LogP contribution in [0.4, 0.5) is 5.69 Å². The van der Waals surface area contributed by atoms with Crippen molar-refractivity contribution in [2.75, 3.05) is 11.9 Å². The molecule has 4 rings (SSSR count). The van der Waals surface area contributed by atoms with Gasteiger partial charge in [-0.2, -0.15) is 4.98 Å². The number of aryl methyl sites for hydroxylation is 1. The molecule has 0 radical (unpaired) electrons. The standard InChI is InChI=1S/C20H15ClN4O3/c1-12-9-14(21)7-8-15(12)24-16(26)10-27-19-17-18(13-5-3-2-4-6-13)25-28-20(17)23-11-22-19/h2-9,11H,10H2,1H3,(H,24,26). The molecule has 0 unspecified atom stereocenters. The third-order valence-electron chi connectivity index (χ3n) is 4.09. The molecule has 0 bridgehead atoms. The van der Waals surface area contributed by atoms with Crippen molar-refractivity contribution in [3.05, 3.63) is 65.4 Å². The number of hydrogen-bond acceptors (Lipinski definition) is 6. The molecule has 0 aliphatic heterocycles. The van der Waals surface area contributed by atoms with E-state index in [2.05, 4.69) is 20.4 Å². The van der Waals surface area contributed by atoms with Crippen molar-refractivity contribution in [2.45, 2.75) is 6.92 Å². The van der Waals surface area contributed by atoms with Gasteiger partial charge in [0.05, 0.1) is 0 Å². The second-order valence-electron chi connectivity index (χ2n) is 6.05. The lowest BCUT2D eigenvalue weighted by Gasteiger charge is -2.10. The van der Waals surface area contributed by atoms with E-state index in [1.165, 1.54) is 6.33 Å². The van der Waals surface area contributed by atoms with Crippen molar-refractivity contribution in [3.8, 4) is 17.1 Å². The molecule has 0 atom stereocenters. The molecule has 0 aliphatic carbocycles. The van der Waals surface area contributed by atoms with Crippen LogP contribution in [0.5, 0.6) is 5.88 Å². The van der Waals surface area contributed by atoms with Crippen LogP contribution in [0.1, 0.15) is 5.56 Å². The van der Waals surface area contributed by atoms with Gasteiger partial charge < -0.3 is 14.6 Å². The SMILES string of the molecule is Cc1cc(Cl)ccc1NC(=O)COc1ncnc2onc(-c3ccccc3)c12. The van der Waals surface area contributed by atoms with Gasteiger partial charge in [0.1, 0.15) is 17.4 Å². The van der Waals surface area contributed by atoms with Crippen molar-refractivity contribution in [3.63, 3.8) is 0 Å². The second kappa shape index (κ2) is 7.66. The van der Waals surface area contributed by atoms with E-state index in [0.29, 0.717) is 21.8 Å². The maximum atomic E-state index is 12.3. The largest absolute Gasteiger partial charge is 0.467 e. The molecule has 0 spiro atoms. The minimum Gasteiger partial charge on any atom is -0.467 e. The van der Waals surface area contributed by atoms with Gasteiger partial charge in [-0.1, -0.05) is 47.1 Å². The number of hydrogen-bond donors (Lipinski definition) is 1. The normalized spacial score (nSPS) is 10.8. The van der Waals surface area contributed by atoms with Gasteiger partial charge in [0.15, 0.2) is 6.61 Å². The Morgan fingerprint density at radius 3 is 2.79 bits per heavy atom. The predicted octanol–water partition coefficient (Wildman–Crippen LogP) is 4.26. The Hall–Kier alpha value is -3.45. The summed E-state index contributed by atoms with van der Waals surface area (Å²) in [5, 5.41) is 7.99. The van der Waals surface area contributed by atoms with Crippen LogP contribution in [-0.4, -0.2) is 27.6 Å². The van der Waals surface area contributed by atoms with Crippen LogP contribution >= 0.6 is 11.6 Å². The van der Waals surface area contributed by atoms with Gasteiger partial charge in [0.2, 0.25) is 5.88 Å². The van der Waals surface area contributed by atoms with Crippen molar-refractivity contribution in [1.29, 1.82) is 0 Å². The molecule has 0 aliphatic rings. The van der Waals surface area contributed by atoms with Gasteiger partial charge in [-0.15, -0.1) is 0 Å². The fraction of sp³-hybridized carbons (Fsp3) is 0.100. The molecule has 2 aromatic carbocycles. The zero-order chi connectivity index (χ0) is 19.5. The number of ether oxygens (including phenoxy) is 1. The molecule has 0 fully saturated rings. The van der Waals surface area contributed by atoms with Gasteiger partial charge in [-0.3, -0.25) is 4.79 Å². The van der Waals surface area contributed by atoms with Crippen LogP contribution < -0.4 is 10.1 Å². The lowest BCUT2D eigenvalue weighted by Crippen LogP contribution is -2.21. The Kier molecular flexibility index (Phi) is 4.90. The van der Waals surface area contributed by atoms with Crippen molar-refractivity contribution in [1.82, 2.24) is 15.1 Å². The van der Waals surface area contributed by atoms with E-state index >= 15 is 0 Å². The first-order valence-electron chi connectivity index (χ1n) is 8.46. The summed E-state index contributed by atoms with van der Waals surface area (Å²) in [6.45, 7) is 1.63. The summed E-state index contributed by atoms with van der Waals surface area (Å²) in [5.41, 5.74) is 3.21. The van der Waals surface area contributed by atoms with Gasteiger partial charge in [0.25, 0.3) is 11.6 Å². The molecule has 140 valence electrons. The van der Waals surface area contributed by atoms with E-state index in [1.807, 2.05) is 37.3 Å². The highest BCUT2D eigenvalue weighted by Crippen LogP contribution is 2.32. The van der Waals surface area contributed by atoms with E-state index in [0.717, 1.165) is 11.1 Å². The number of benzene rings is 2.